The van der Waals surface area contributed by atoms with Gasteiger partial charge in [-0.15, -0.1) is 0 Å². The van der Waals surface area contributed by atoms with Crippen LogP contribution < -0.4 is 5.32 Å². The maximum Gasteiger partial charge on any atom is 0.0242 e. The fourth-order valence-electron chi connectivity index (χ4n) is 2.50. The van der Waals surface area contributed by atoms with Crippen LogP contribution in [0.25, 0.3) is 0 Å². The van der Waals surface area contributed by atoms with Crippen molar-refractivity contribution >= 4 is 0 Å². The molecule has 1 unspecified atom stereocenters. The minimum absolute atomic E-state index is 0.741. The molecule has 2 heteroatoms. The molecule has 0 heterocycles. The van der Waals surface area contributed by atoms with Crippen molar-refractivity contribution in [2.45, 2.75) is 38.1 Å². The van der Waals surface area contributed by atoms with E-state index in [-0.39, 0.29) is 0 Å². The third-order valence-corrected chi connectivity index (χ3v) is 3.27. The highest BCUT2D eigenvalue weighted by Gasteiger charge is 2.24. The Morgan fingerprint density at radius 2 is 1.85 bits per heavy atom. The largest absolute Gasteiger partial charge is 0.318 e. The van der Waals surface area contributed by atoms with Crippen molar-refractivity contribution in [2.75, 3.05) is 27.7 Å². The summed E-state index contributed by atoms with van der Waals surface area (Å²) in [4.78, 5) is 2.38. The smallest absolute Gasteiger partial charge is 0.0242 e. The summed E-state index contributed by atoms with van der Waals surface area (Å²) in [7, 11) is 6.46. The highest BCUT2D eigenvalue weighted by atomic mass is 15.1. The highest BCUT2D eigenvalue weighted by molar-refractivity contribution is 4.80. The quantitative estimate of drug-likeness (QED) is 0.715. The molecule has 1 aliphatic rings. The van der Waals surface area contributed by atoms with Crippen LogP contribution in [0.2, 0.25) is 0 Å². The average molecular weight is 184 g/mol. The molecule has 78 valence electrons. The number of likely N-dealkylation sites (N-methyl/N-ethyl adjacent to an activating group) is 2. The Bertz CT molecular complexity index is 128. The van der Waals surface area contributed by atoms with Gasteiger partial charge in [-0.3, -0.25) is 0 Å². The first-order chi connectivity index (χ1) is 6.25. The van der Waals surface area contributed by atoms with E-state index in [9.17, 15) is 0 Å². The molecule has 0 saturated heterocycles. The summed E-state index contributed by atoms with van der Waals surface area (Å²) in [6.45, 7) is 1.14. The molecule has 0 aromatic heterocycles. The van der Waals surface area contributed by atoms with Gasteiger partial charge in [0.1, 0.15) is 0 Å². The van der Waals surface area contributed by atoms with Crippen LogP contribution in [0.4, 0.5) is 0 Å². The second-order valence-electron chi connectivity index (χ2n) is 4.49. The maximum atomic E-state index is 3.30. The van der Waals surface area contributed by atoms with Crippen LogP contribution in [0.15, 0.2) is 0 Å². The Hall–Kier alpha value is -0.0800. The average Bonchev–Trinajstić information content (AvgIpc) is 2.15. The lowest BCUT2D eigenvalue weighted by Gasteiger charge is -2.34. The molecule has 0 bridgehead atoms. The molecule has 2 nitrogen and oxygen atoms in total. The Kier molecular flexibility index (Phi) is 4.74. The van der Waals surface area contributed by atoms with Gasteiger partial charge in [0.25, 0.3) is 0 Å². The Morgan fingerprint density at radius 3 is 2.31 bits per heavy atom. The predicted molar refractivity (Wildman–Crippen MR) is 58.0 cm³/mol. The van der Waals surface area contributed by atoms with E-state index in [1.807, 2.05) is 0 Å². The summed E-state index contributed by atoms with van der Waals surface area (Å²) in [6.07, 6.45) is 7.21. The summed E-state index contributed by atoms with van der Waals surface area (Å²) in [5.74, 6) is 0.927. The standard InChI is InChI=1S/C11H24N2/c1-12-9-11(13(2)3)10-7-5-4-6-8-10/h10-12H,4-9H2,1-3H3. The molecule has 0 radical (unpaired) electrons. The van der Waals surface area contributed by atoms with Crippen LogP contribution in [0.1, 0.15) is 32.1 Å². The van der Waals surface area contributed by atoms with E-state index in [2.05, 4.69) is 31.4 Å². The summed E-state index contributed by atoms with van der Waals surface area (Å²) < 4.78 is 0. The van der Waals surface area contributed by atoms with Crippen LogP contribution in [0.3, 0.4) is 0 Å². The number of rotatable bonds is 4. The molecule has 0 aromatic rings. The molecule has 0 spiro atoms. The fourth-order valence-corrected chi connectivity index (χ4v) is 2.50. The lowest BCUT2D eigenvalue weighted by atomic mass is 9.83. The van der Waals surface area contributed by atoms with Crippen LogP contribution in [-0.2, 0) is 0 Å². The van der Waals surface area contributed by atoms with E-state index in [0.29, 0.717) is 0 Å². The van der Waals surface area contributed by atoms with E-state index < -0.39 is 0 Å². The van der Waals surface area contributed by atoms with Crippen LogP contribution in [-0.4, -0.2) is 38.6 Å². The van der Waals surface area contributed by atoms with Crippen molar-refractivity contribution in [1.82, 2.24) is 10.2 Å². The molecular formula is C11H24N2. The van der Waals surface area contributed by atoms with Crippen molar-refractivity contribution in [1.29, 1.82) is 0 Å². The predicted octanol–water partition coefficient (Wildman–Crippen LogP) is 1.72. The van der Waals surface area contributed by atoms with Gasteiger partial charge in [-0.1, -0.05) is 19.3 Å². The topological polar surface area (TPSA) is 15.3 Å². The lowest BCUT2D eigenvalue weighted by Crippen LogP contribution is -2.43. The van der Waals surface area contributed by atoms with Gasteiger partial charge in [0, 0.05) is 12.6 Å². The molecule has 1 rings (SSSR count). The van der Waals surface area contributed by atoms with Crippen molar-refractivity contribution in [3.8, 4) is 0 Å². The van der Waals surface area contributed by atoms with E-state index in [1.54, 1.807) is 0 Å². The van der Waals surface area contributed by atoms with Gasteiger partial charge in [-0.2, -0.15) is 0 Å². The minimum atomic E-state index is 0.741. The first-order valence-corrected chi connectivity index (χ1v) is 5.56. The lowest BCUT2D eigenvalue weighted by molar-refractivity contribution is 0.168. The molecule has 1 atom stereocenters. The number of hydrogen-bond donors (Lipinski definition) is 1. The maximum absolute atomic E-state index is 3.30. The van der Waals surface area contributed by atoms with Crippen molar-refractivity contribution in [3.63, 3.8) is 0 Å². The van der Waals surface area contributed by atoms with E-state index >= 15 is 0 Å². The van der Waals surface area contributed by atoms with Gasteiger partial charge >= 0.3 is 0 Å². The van der Waals surface area contributed by atoms with Crippen molar-refractivity contribution in [2.24, 2.45) is 5.92 Å². The number of nitrogens with one attached hydrogen (secondary N) is 1. The fraction of sp³-hybridized carbons (Fsp3) is 1.00. The Balaban J connectivity index is 2.41. The Morgan fingerprint density at radius 1 is 1.23 bits per heavy atom. The van der Waals surface area contributed by atoms with Crippen LogP contribution in [0, 0.1) is 5.92 Å². The van der Waals surface area contributed by atoms with Gasteiger partial charge in [-0.25, -0.2) is 0 Å². The van der Waals surface area contributed by atoms with Crippen LogP contribution >= 0.6 is 0 Å². The highest BCUT2D eigenvalue weighted by Crippen LogP contribution is 2.27. The zero-order valence-corrected chi connectivity index (χ0v) is 9.34. The monoisotopic (exact) mass is 184 g/mol. The normalized spacial score (nSPS) is 22.2. The molecule has 0 aliphatic heterocycles. The second-order valence-corrected chi connectivity index (χ2v) is 4.49. The number of hydrogen-bond acceptors (Lipinski definition) is 2. The number of nitrogens with zero attached hydrogens (tertiary/aromatic N) is 1. The summed E-state index contributed by atoms with van der Waals surface area (Å²) in [6, 6.07) is 0.741. The molecule has 1 aliphatic carbocycles. The third-order valence-electron chi connectivity index (χ3n) is 3.27. The molecule has 0 aromatic carbocycles. The van der Waals surface area contributed by atoms with Gasteiger partial charge in [0.05, 0.1) is 0 Å². The molecular weight excluding hydrogens is 160 g/mol. The third kappa shape index (κ3) is 3.28. The van der Waals surface area contributed by atoms with Gasteiger partial charge < -0.3 is 10.2 Å². The van der Waals surface area contributed by atoms with Crippen LogP contribution in [0.5, 0.6) is 0 Å². The first kappa shape index (κ1) is 11.0. The molecule has 1 fully saturated rings. The molecule has 0 amide bonds. The summed E-state index contributed by atoms with van der Waals surface area (Å²) in [5, 5.41) is 3.30. The van der Waals surface area contributed by atoms with Gasteiger partial charge in [-0.05, 0) is 39.9 Å². The van der Waals surface area contributed by atoms with Gasteiger partial charge in [0.15, 0.2) is 0 Å². The first-order valence-electron chi connectivity index (χ1n) is 5.56. The zero-order chi connectivity index (χ0) is 9.68. The summed E-state index contributed by atoms with van der Waals surface area (Å²) in [5.41, 5.74) is 0. The molecule has 1 N–H and O–H groups in total. The Labute approximate surface area is 82.7 Å². The second kappa shape index (κ2) is 5.61. The van der Waals surface area contributed by atoms with E-state index in [4.69, 9.17) is 0 Å². The van der Waals surface area contributed by atoms with E-state index in [1.165, 1.54) is 32.1 Å². The SMILES string of the molecule is CNCC(C1CCCCC1)N(C)C. The van der Waals surface area contributed by atoms with Gasteiger partial charge in [0.2, 0.25) is 0 Å². The summed E-state index contributed by atoms with van der Waals surface area (Å²) >= 11 is 0. The molecule has 13 heavy (non-hydrogen) atoms. The van der Waals surface area contributed by atoms with E-state index in [0.717, 1.165) is 18.5 Å². The van der Waals surface area contributed by atoms with Crippen molar-refractivity contribution < 1.29 is 0 Å². The van der Waals surface area contributed by atoms with Crippen molar-refractivity contribution in [3.05, 3.63) is 0 Å². The molecule has 1 saturated carbocycles. The minimum Gasteiger partial charge on any atom is -0.318 e. The zero-order valence-electron chi connectivity index (χ0n) is 9.34.